The van der Waals surface area contributed by atoms with Crippen LogP contribution in [0.1, 0.15) is 23.7 Å². The largest absolute Gasteiger partial charge is 0.465 e. The molecule has 6 nitrogen and oxygen atoms in total. The number of carbonyl (C=O) groups is 1. The lowest BCUT2D eigenvalue weighted by Crippen LogP contribution is -2.28. The van der Waals surface area contributed by atoms with Crippen LogP contribution in [-0.4, -0.2) is 36.8 Å². The van der Waals surface area contributed by atoms with E-state index >= 15 is 0 Å². The molecule has 98 valence electrons. The Morgan fingerprint density at radius 1 is 1.67 bits per heavy atom. The summed E-state index contributed by atoms with van der Waals surface area (Å²) in [7, 11) is 1.33. The van der Waals surface area contributed by atoms with E-state index in [1.165, 1.54) is 13.3 Å². The summed E-state index contributed by atoms with van der Waals surface area (Å²) in [6.45, 7) is 2.70. The number of hydrogen-bond donors (Lipinski definition) is 2. The number of anilines is 2. The fraction of sp³-hybridized carbons (Fsp3) is 0.500. The topological polar surface area (TPSA) is 86.5 Å². The van der Waals surface area contributed by atoms with Crippen LogP contribution >= 0.6 is 0 Å². The average molecular weight is 251 g/mol. The average Bonchev–Trinajstić information content (AvgIpc) is 2.76. The number of nitrogen functional groups attached to an aromatic ring is 1. The highest BCUT2D eigenvalue weighted by Gasteiger charge is 2.26. The Morgan fingerprint density at radius 2 is 2.44 bits per heavy atom. The second-order valence-corrected chi connectivity index (χ2v) is 4.27. The zero-order valence-electron chi connectivity index (χ0n) is 10.5. The number of esters is 1. The monoisotopic (exact) mass is 251 g/mol. The number of nitrogens with one attached hydrogen (secondary N) is 1. The molecule has 2 unspecified atom stereocenters. The molecule has 0 radical (unpaired) electrons. The van der Waals surface area contributed by atoms with Gasteiger partial charge in [-0.05, 0) is 19.4 Å². The number of nitrogens with two attached hydrogens (primary N) is 1. The Labute approximate surface area is 105 Å². The van der Waals surface area contributed by atoms with E-state index in [4.69, 9.17) is 15.2 Å². The molecule has 1 aromatic heterocycles. The first-order valence-electron chi connectivity index (χ1n) is 5.83. The summed E-state index contributed by atoms with van der Waals surface area (Å²) in [6.07, 6.45) is 2.48. The highest BCUT2D eigenvalue weighted by molar-refractivity contribution is 5.95. The maximum Gasteiger partial charge on any atom is 0.341 e. The van der Waals surface area contributed by atoms with Crippen molar-refractivity contribution < 1.29 is 14.3 Å². The molecule has 1 fully saturated rings. The quantitative estimate of drug-likeness (QED) is 0.780. The van der Waals surface area contributed by atoms with Crippen molar-refractivity contribution in [2.45, 2.75) is 25.5 Å². The first-order chi connectivity index (χ1) is 8.61. The minimum atomic E-state index is -0.455. The summed E-state index contributed by atoms with van der Waals surface area (Å²) >= 11 is 0. The van der Waals surface area contributed by atoms with Crippen molar-refractivity contribution in [1.82, 2.24) is 4.98 Å². The third kappa shape index (κ3) is 2.53. The van der Waals surface area contributed by atoms with E-state index in [2.05, 4.69) is 10.3 Å². The molecule has 0 amide bonds. The van der Waals surface area contributed by atoms with Crippen molar-refractivity contribution in [2.24, 2.45) is 0 Å². The summed E-state index contributed by atoms with van der Waals surface area (Å²) < 4.78 is 10.2. The highest BCUT2D eigenvalue weighted by atomic mass is 16.5. The van der Waals surface area contributed by atoms with Gasteiger partial charge in [-0.1, -0.05) is 0 Å². The predicted octanol–water partition coefficient (Wildman–Crippen LogP) is 1.04. The van der Waals surface area contributed by atoms with Gasteiger partial charge in [-0.15, -0.1) is 0 Å². The molecule has 0 saturated carbocycles. The van der Waals surface area contributed by atoms with Gasteiger partial charge in [0.05, 0.1) is 31.1 Å². The van der Waals surface area contributed by atoms with Gasteiger partial charge in [0.1, 0.15) is 11.4 Å². The van der Waals surface area contributed by atoms with Crippen LogP contribution in [0.15, 0.2) is 12.3 Å². The number of rotatable bonds is 3. The molecule has 6 heteroatoms. The Hall–Kier alpha value is -1.82. The zero-order valence-corrected chi connectivity index (χ0v) is 10.5. The van der Waals surface area contributed by atoms with E-state index in [1.54, 1.807) is 6.07 Å². The summed E-state index contributed by atoms with van der Waals surface area (Å²) in [4.78, 5) is 15.8. The second kappa shape index (κ2) is 5.22. The summed E-state index contributed by atoms with van der Waals surface area (Å²) in [5.41, 5.74) is 6.40. The molecule has 2 atom stereocenters. The lowest BCUT2D eigenvalue weighted by Gasteiger charge is -2.18. The van der Waals surface area contributed by atoms with Gasteiger partial charge in [-0.2, -0.15) is 0 Å². The maximum absolute atomic E-state index is 11.7. The molecule has 3 N–H and O–H groups in total. The van der Waals surface area contributed by atoms with Gasteiger partial charge in [0, 0.05) is 6.61 Å². The standard InChI is InChI=1S/C12H17N3O3/c1-7-10(3-4-18-7)15-11-9(12(16)17-2)5-8(13)6-14-11/h5-7,10H,3-4,13H2,1-2H3,(H,14,15). The lowest BCUT2D eigenvalue weighted by atomic mass is 10.1. The summed E-state index contributed by atoms with van der Waals surface area (Å²) in [6, 6.07) is 1.70. The third-order valence-corrected chi connectivity index (χ3v) is 3.01. The smallest absolute Gasteiger partial charge is 0.341 e. The molecule has 0 aromatic carbocycles. The van der Waals surface area contributed by atoms with E-state index in [0.717, 1.165) is 6.42 Å². The minimum absolute atomic E-state index is 0.0925. The molecule has 2 rings (SSSR count). The van der Waals surface area contributed by atoms with Gasteiger partial charge in [0.15, 0.2) is 0 Å². The Balaban J connectivity index is 2.23. The van der Waals surface area contributed by atoms with Crippen molar-refractivity contribution in [3.05, 3.63) is 17.8 Å². The molecule has 1 aliphatic rings. The van der Waals surface area contributed by atoms with Crippen LogP contribution in [0, 0.1) is 0 Å². The molecular formula is C12H17N3O3. The lowest BCUT2D eigenvalue weighted by molar-refractivity contribution is 0.0601. The fourth-order valence-electron chi connectivity index (χ4n) is 1.96. The van der Waals surface area contributed by atoms with Crippen LogP contribution in [0.3, 0.4) is 0 Å². The Morgan fingerprint density at radius 3 is 3.06 bits per heavy atom. The predicted molar refractivity (Wildman–Crippen MR) is 67.4 cm³/mol. The van der Waals surface area contributed by atoms with E-state index in [0.29, 0.717) is 23.7 Å². The van der Waals surface area contributed by atoms with Crippen molar-refractivity contribution in [1.29, 1.82) is 0 Å². The number of pyridine rings is 1. The zero-order chi connectivity index (χ0) is 13.1. The van der Waals surface area contributed by atoms with Crippen molar-refractivity contribution in [3.63, 3.8) is 0 Å². The number of ether oxygens (including phenoxy) is 2. The van der Waals surface area contributed by atoms with Gasteiger partial charge in [0.25, 0.3) is 0 Å². The Kier molecular flexibility index (Phi) is 3.66. The van der Waals surface area contributed by atoms with Crippen molar-refractivity contribution in [3.8, 4) is 0 Å². The van der Waals surface area contributed by atoms with Crippen LogP contribution in [-0.2, 0) is 9.47 Å². The second-order valence-electron chi connectivity index (χ2n) is 4.27. The molecule has 0 spiro atoms. The Bertz CT molecular complexity index is 450. The van der Waals surface area contributed by atoms with Crippen LogP contribution in [0.4, 0.5) is 11.5 Å². The molecular weight excluding hydrogens is 234 g/mol. The van der Waals surface area contributed by atoms with Gasteiger partial charge >= 0.3 is 5.97 Å². The van der Waals surface area contributed by atoms with Crippen LogP contribution in [0.25, 0.3) is 0 Å². The van der Waals surface area contributed by atoms with Gasteiger partial charge in [0.2, 0.25) is 0 Å². The SMILES string of the molecule is COC(=O)c1cc(N)cnc1NC1CCOC1C. The molecule has 1 saturated heterocycles. The number of aromatic nitrogens is 1. The fourth-order valence-corrected chi connectivity index (χ4v) is 1.96. The molecule has 0 bridgehead atoms. The van der Waals surface area contributed by atoms with Crippen LogP contribution in [0.5, 0.6) is 0 Å². The normalized spacial score (nSPS) is 22.8. The molecule has 1 aromatic rings. The third-order valence-electron chi connectivity index (χ3n) is 3.01. The first kappa shape index (κ1) is 12.6. The summed E-state index contributed by atoms with van der Waals surface area (Å²) in [5, 5.41) is 3.21. The maximum atomic E-state index is 11.7. The number of methoxy groups -OCH3 is 1. The minimum Gasteiger partial charge on any atom is -0.465 e. The van der Waals surface area contributed by atoms with E-state index < -0.39 is 5.97 Å². The summed E-state index contributed by atoms with van der Waals surface area (Å²) in [5.74, 6) is 0.0299. The molecule has 1 aliphatic heterocycles. The van der Waals surface area contributed by atoms with Crippen molar-refractivity contribution >= 4 is 17.5 Å². The van der Waals surface area contributed by atoms with Gasteiger partial charge in [-0.25, -0.2) is 9.78 Å². The number of hydrogen-bond acceptors (Lipinski definition) is 6. The van der Waals surface area contributed by atoms with Crippen molar-refractivity contribution in [2.75, 3.05) is 24.8 Å². The van der Waals surface area contributed by atoms with Crippen LogP contribution < -0.4 is 11.1 Å². The number of nitrogens with zero attached hydrogens (tertiary/aromatic N) is 1. The first-order valence-corrected chi connectivity index (χ1v) is 5.83. The van der Waals surface area contributed by atoms with Crippen LogP contribution in [0.2, 0.25) is 0 Å². The van der Waals surface area contributed by atoms with Gasteiger partial charge in [-0.3, -0.25) is 0 Å². The van der Waals surface area contributed by atoms with E-state index in [1.807, 2.05) is 6.92 Å². The van der Waals surface area contributed by atoms with E-state index in [-0.39, 0.29) is 12.1 Å². The van der Waals surface area contributed by atoms with E-state index in [9.17, 15) is 4.79 Å². The van der Waals surface area contributed by atoms with Gasteiger partial charge < -0.3 is 20.5 Å². The molecule has 2 heterocycles. The number of carbonyl (C=O) groups excluding carboxylic acids is 1. The molecule has 18 heavy (non-hydrogen) atoms. The molecule has 0 aliphatic carbocycles. The highest BCUT2D eigenvalue weighted by Crippen LogP contribution is 2.22.